The average Bonchev–Trinajstić information content (AvgIpc) is 0.610. The van der Waals surface area contributed by atoms with Gasteiger partial charge in [0.2, 0.25) is 0 Å². The lowest BCUT2D eigenvalue weighted by Gasteiger charge is -2.47. The molecule has 24 heteroatoms. The molecule has 0 amide bonds. The molecule has 24 nitrogen and oxygen atoms in total. The number of hydrogen-bond acceptors (Lipinski definition) is 24. The lowest BCUT2D eigenvalue weighted by molar-refractivity contribution is -0.161. The van der Waals surface area contributed by atoms with Crippen LogP contribution >= 0.6 is 0 Å². The number of hydrogen-bond donors (Lipinski definition) is 4. The van der Waals surface area contributed by atoms with Crippen molar-refractivity contribution in [2.45, 2.75) is 259 Å². The average molecular weight is 1790 g/mol. The molecule has 0 aromatic heterocycles. The molecule has 672 valence electrons. The van der Waals surface area contributed by atoms with Crippen LogP contribution in [0.25, 0.3) is 0 Å². The number of benzene rings is 4. The van der Waals surface area contributed by atoms with Gasteiger partial charge in [0, 0.05) is 246 Å². The van der Waals surface area contributed by atoms with Crippen molar-refractivity contribution >= 4 is 23.9 Å². The van der Waals surface area contributed by atoms with Gasteiger partial charge in [0.25, 0.3) is 0 Å². The van der Waals surface area contributed by atoms with Gasteiger partial charge in [-0.1, -0.05) is 110 Å². The molecule has 0 radical (unpaired) electrons. The normalized spacial score (nSPS) is 56.0. The quantitative estimate of drug-likeness (QED) is 0.0303. The number of esters is 4. The van der Waals surface area contributed by atoms with E-state index in [0.29, 0.717) is 0 Å². The van der Waals surface area contributed by atoms with Gasteiger partial charge in [-0.05, 0) is 191 Å². The van der Waals surface area contributed by atoms with Crippen LogP contribution in [0.2, 0.25) is 0 Å². The maximum absolute atomic E-state index is 14.0. The van der Waals surface area contributed by atoms with Gasteiger partial charge >= 0.3 is 23.9 Å². The molecule has 0 saturated carbocycles. The lowest BCUT2D eigenvalue weighted by atomic mass is 9.79. The number of methoxy groups -OCH3 is 8. The number of fused-ring (bicyclic) bond motifs is 12. The number of rotatable bonds is 28. The summed E-state index contributed by atoms with van der Waals surface area (Å²) in [6, 6.07) is -43.4. The zero-order valence-corrected chi connectivity index (χ0v) is 63.9. The highest BCUT2D eigenvalue weighted by Crippen LogP contribution is 2.50. The number of nitrogens with two attached hydrogens (primary N) is 4. The fraction of sp³-hybridized carbons (Fsp3) is 0.708. The first-order chi connectivity index (χ1) is 100. The van der Waals surface area contributed by atoms with Gasteiger partial charge in [0.05, 0.1) is 88.3 Å². The highest BCUT2D eigenvalue weighted by molar-refractivity contribution is 5.77. The standard InChI is InChI=1S/4C24H38N2O4/c4*1-14(2)9-17-13-26-8-7-16-10-21(28-5)22(29-6)11-18(16)19(26)12-20(17)30-24(27)23(25)15(3)4/h4*10-11,14-15,17,19-20,23H,7-9,12-13,25H2,1-6H3/t4*17?,19?,20?,23-/m0000/s1/i1D3,3D3,4D3,7D2,8D2,9D2,10D,11D,12D2,13D2,14D,15D,17D,19D,20D,23D;2*1D3,3D3,4D3,5D3,7D2,8D2,9D2,10D,11D,12D2,13D2,14D,15D,17D,20D,23D;1D3,3D3,4D3,7D2,8D2,9D2,10D,11D,12D2,13D2,14D,15D,17D,20D,23D/t4*14?,17?,19?,20?,23-. The summed E-state index contributed by atoms with van der Waals surface area (Å²) in [4.78, 5) is 53.5. The second-order valence-corrected chi connectivity index (χ2v) is 23.7. The molecule has 0 bridgehead atoms. The van der Waals surface area contributed by atoms with Crippen molar-refractivity contribution in [1.82, 2.24) is 19.6 Å². The third-order valence-electron chi connectivity index (χ3n) is 15.4. The van der Waals surface area contributed by atoms with Gasteiger partial charge in [-0.15, -0.1) is 0 Å². The maximum Gasteiger partial charge on any atom is 0.323 e. The molecular weight excluding hydrogens is 1520 g/mol. The smallest absolute Gasteiger partial charge is 0.323 e. The molecule has 12 rings (SSSR count). The minimum Gasteiger partial charge on any atom is -0.493 e. The molecule has 120 heavy (non-hydrogen) atoms. The third-order valence-corrected chi connectivity index (χ3v) is 15.4. The molecule has 8 heterocycles. The third kappa shape index (κ3) is 23.8. The fourth-order valence-corrected chi connectivity index (χ4v) is 10.0. The molecule has 4 aromatic rings. The molecule has 0 aliphatic carbocycles. The van der Waals surface area contributed by atoms with Crippen LogP contribution in [0.3, 0.4) is 0 Å². The molecule has 8 aliphatic heterocycles. The molecule has 4 aromatic carbocycles. The number of carbonyl (C=O) groups excluding carboxylic acids is 4. The van der Waals surface area contributed by atoms with Crippen molar-refractivity contribution in [2.24, 2.45) is 93.7 Å². The second kappa shape index (κ2) is 43.9. The van der Waals surface area contributed by atoms with Crippen LogP contribution in [-0.4, -0.2) is 201 Å². The Hall–Kier alpha value is -7.16. The van der Waals surface area contributed by atoms with Gasteiger partial charge < -0.3 is 79.8 Å². The van der Waals surface area contributed by atoms with E-state index in [1.165, 1.54) is 0 Å². The Morgan fingerprint density at radius 2 is 0.608 bits per heavy atom. The summed E-state index contributed by atoms with van der Waals surface area (Å²) < 4.78 is 1000. The highest BCUT2D eigenvalue weighted by atomic mass is 16.6. The lowest BCUT2D eigenvalue weighted by Crippen LogP contribution is -2.51. The predicted octanol–water partition coefficient (Wildman–Crippen LogP) is 14.3. The first-order valence-electron chi connectivity index (χ1n) is 88.6. The van der Waals surface area contributed by atoms with E-state index in [9.17, 15) is 53.4 Å². The van der Waals surface area contributed by atoms with Crippen LogP contribution in [0.4, 0.5) is 0 Å². The van der Waals surface area contributed by atoms with Crippen molar-refractivity contribution in [2.75, 3.05) is 109 Å². The van der Waals surface area contributed by atoms with E-state index in [1.807, 2.05) is 0 Å². The molecule has 8 N–H and O–H groups in total. The summed E-state index contributed by atoms with van der Waals surface area (Å²) in [5.41, 5.74) is 10.8. The Labute approximate surface area is 874 Å². The fourth-order valence-electron chi connectivity index (χ4n) is 10.0. The Kier molecular flexibility index (Phi) is 9.61. The second-order valence-electron chi connectivity index (χ2n) is 23.7. The van der Waals surface area contributed by atoms with E-state index >= 15 is 0 Å². The first kappa shape index (κ1) is 26.3. The molecular formula is C96H152N8O16. The monoisotopic (exact) mass is 1780 g/mol. The number of ether oxygens (including phenoxy) is 12. The Bertz CT molecular complexity index is 9080. The van der Waals surface area contributed by atoms with Gasteiger partial charge in [-0.3, -0.25) is 38.8 Å². The molecule has 16 unspecified atom stereocenters. The van der Waals surface area contributed by atoms with Gasteiger partial charge in [0.15, 0.2) is 46.0 Å². The summed E-state index contributed by atoms with van der Waals surface area (Å²) in [6.45, 7) is -85.9. The first-order valence-corrected chi connectivity index (χ1v) is 33.1. The molecule has 0 spiro atoms. The molecule has 4 saturated heterocycles. The van der Waals surface area contributed by atoms with E-state index in [4.69, 9.17) is 198 Å². The van der Waals surface area contributed by atoms with Gasteiger partial charge in [-0.25, -0.2) is 0 Å². The van der Waals surface area contributed by atoms with Crippen LogP contribution in [0.15, 0.2) is 48.3 Å². The van der Waals surface area contributed by atoms with Gasteiger partial charge in [0.1, 0.15) is 48.4 Å². The Morgan fingerprint density at radius 1 is 0.375 bits per heavy atom. The van der Waals surface area contributed by atoms with Crippen molar-refractivity contribution in [3.8, 4) is 46.0 Å². The van der Waals surface area contributed by atoms with Crippen LogP contribution in [0.5, 0.6) is 46.0 Å². The summed E-state index contributed by atoms with van der Waals surface area (Å²) in [7, 11) is -2.10. The number of piperidine rings is 4. The summed E-state index contributed by atoms with van der Waals surface area (Å²) in [5, 5.41) is 0. The molecule has 20 atom stereocenters. The number of carbonyl (C=O) groups is 4. The van der Waals surface area contributed by atoms with Crippen molar-refractivity contribution in [3.05, 3.63) is 92.8 Å². The number of nitrogens with zero attached hydrogens (tertiary/aromatic N) is 4. The van der Waals surface area contributed by atoms with Crippen molar-refractivity contribution in [1.29, 1.82) is 0 Å². The summed E-state index contributed by atoms with van der Waals surface area (Å²) >= 11 is 0. The maximum atomic E-state index is 14.0. The van der Waals surface area contributed by atoms with Crippen LogP contribution < -0.4 is 60.8 Å². The van der Waals surface area contributed by atoms with Crippen molar-refractivity contribution in [3.63, 3.8) is 0 Å². The van der Waals surface area contributed by atoms with E-state index in [0.717, 1.165) is 42.7 Å². The zero-order valence-electron chi connectivity index (χ0n) is 175. The topological polar surface area (TPSA) is 296 Å². The van der Waals surface area contributed by atoms with E-state index in [1.54, 1.807) is 0 Å². The van der Waals surface area contributed by atoms with E-state index < -0.39 is 550 Å². The van der Waals surface area contributed by atoms with Crippen LogP contribution in [0.1, 0.15) is 382 Å². The van der Waals surface area contributed by atoms with Crippen molar-refractivity contribution < 1.29 is 228 Å². The Morgan fingerprint density at radius 3 is 0.867 bits per heavy atom. The largest absolute Gasteiger partial charge is 0.493 e. The van der Waals surface area contributed by atoms with Crippen LogP contribution in [-0.2, 0) is 63.6 Å². The Balaban J connectivity index is 0.000000330. The summed E-state index contributed by atoms with van der Waals surface area (Å²) in [5.74, 6) is -74.3. The minimum absolute atomic E-state index is 0.174. The minimum atomic E-state index is -5.18. The van der Waals surface area contributed by atoms with E-state index in [-0.39, 0.29) is 27.7 Å². The predicted molar refractivity (Wildman–Crippen MR) is 471 cm³/mol. The SMILES string of the molecule is [2H]c1c(OC)c(OC([2H])([2H])[2H])c([2H])c2c1C1N(C([2H])([2H])C2([2H])[2H])C([2H])([2H])C([2H])(C([2H])([2H])C([2H])(C)C([2H])([2H])[2H])C([2H])(OC(=O)[C@@]([2H])(N)C([2H])(C([2H])([2H])[2H])C([2H])([2H])[2H])C1([2H])[2H].[2H]c1c(OC)c(OC([2H])([2H])[2H])c([2H])c2c1C1N(C([2H])([2H])C2([2H])[2H])C([2H])([2H])C([2H])(C([2H])([2H])C([2H])(C)C([2H])([2H])[2H])C([2H])(OC(=O)[C@@]([2H])(N)C([2H])(C([2H])([2H])[2H])C([2H])([2H])[2H])C1([2H])[2H].[2H]c1c(OC)c(OC)c([2H])c2c1C([2H])([2H])C([2H])([2H])N1C([2H])([2H])C([2H])(C([2H])([2H])C([2H])(C)C([2H])([2H])[2H])C([2H])(OC(=O)[C@@]([2H])(N)C([2H])(C([2H])([2H])[2H])C([2H])([2H])[2H])C([2H])([2H])C21[2H].[2H]c1c(OC)c(OC)c([2H])c2c1C1N(C([2H])([2H])C2([2H])[2H])C([2H])([2H])C([2H])(C([2H])([2H])C([2H])(C)C([2H])([2H])[2H])C([2H])(OC(=O)[C@@]([2H])(N)C([2H])(C([2H])([2H])[2H])C([2H])([2H])[2H])C1([2H])[2H]. The zero-order chi connectivity index (χ0) is 185. The van der Waals surface area contributed by atoms with Crippen LogP contribution in [0, 0.1) is 70.7 Å². The summed E-state index contributed by atoms with van der Waals surface area (Å²) in [6.07, 6.45) is -73.5. The molecule has 4 fully saturated rings. The van der Waals surface area contributed by atoms with E-state index in [2.05, 4.69) is 0 Å². The van der Waals surface area contributed by atoms with Gasteiger partial charge in [-0.2, -0.15) is 0 Å². The highest BCUT2D eigenvalue weighted by Gasteiger charge is 2.47. The molecule has 8 aliphatic rings.